The Morgan fingerprint density at radius 1 is 1.04 bits per heavy atom. The van der Waals surface area contributed by atoms with E-state index in [4.69, 9.17) is 21.4 Å². The fourth-order valence-corrected chi connectivity index (χ4v) is 3.70. The van der Waals surface area contributed by atoms with Crippen LogP contribution in [-0.2, 0) is 6.42 Å². The van der Waals surface area contributed by atoms with Crippen molar-refractivity contribution in [2.75, 3.05) is 11.5 Å². The number of aromatic nitrogens is 4. The topological polar surface area (TPSA) is 95.6 Å². The van der Waals surface area contributed by atoms with Crippen LogP contribution in [0.25, 0.3) is 22.4 Å². The summed E-state index contributed by atoms with van der Waals surface area (Å²) >= 11 is 0. The Kier molecular flexibility index (Phi) is 3.59. The standard InChI is InChI=1S/C18H22N6/c1-2-17-21-14-8-7-13(11-9-15(19)23-16(20)10-11)22-18(14)24(17)12-5-3-4-6-12/h7-10,12H,2-6H2,1H3,(H4,19,20,23). The molecule has 6 heteroatoms. The maximum absolute atomic E-state index is 5.83. The molecule has 1 aliphatic rings. The monoisotopic (exact) mass is 322 g/mol. The molecular weight excluding hydrogens is 300 g/mol. The molecule has 24 heavy (non-hydrogen) atoms. The smallest absolute Gasteiger partial charge is 0.160 e. The molecule has 4 N–H and O–H groups in total. The van der Waals surface area contributed by atoms with Gasteiger partial charge in [-0.15, -0.1) is 0 Å². The summed E-state index contributed by atoms with van der Waals surface area (Å²) < 4.78 is 2.35. The second-order valence-electron chi connectivity index (χ2n) is 6.43. The van der Waals surface area contributed by atoms with Crippen molar-refractivity contribution in [1.29, 1.82) is 0 Å². The van der Waals surface area contributed by atoms with Gasteiger partial charge in [0.2, 0.25) is 0 Å². The van der Waals surface area contributed by atoms with Gasteiger partial charge in [0.25, 0.3) is 0 Å². The average molecular weight is 322 g/mol. The van der Waals surface area contributed by atoms with Gasteiger partial charge in [0.15, 0.2) is 5.65 Å². The van der Waals surface area contributed by atoms with Crippen molar-refractivity contribution in [3.63, 3.8) is 0 Å². The van der Waals surface area contributed by atoms with Crippen LogP contribution in [0, 0.1) is 0 Å². The van der Waals surface area contributed by atoms with Crippen LogP contribution >= 0.6 is 0 Å². The lowest BCUT2D eigenvalue weighted by molar-refractivity contribution is 0.510. The largest absolute Gasteiger partial charge is 0.384 e. The average Bonchev–Trinajstić information content (AvgIpc) is 3.19. The molecule has 124 valence electrons. The summed E-state index contributed by atoms with van der Waals surface area (Å²) in [5, 5.41) is 0. The van der Waals surface area contributed by atoms with Gasteiger partial charge in [0, 0.05) is 18.0 Å². The number of hydrogen-bond acceptors (Lipinski definition) is 5. The third kappa shape index (κ3) is 2.48. The number of hydrogen-bond donors (Lipinski definition) is 2. The molecule has 3 aromatic rings. The lowest BCUT2D eigenvalue weighted by atomic mass is 10.1. The third-order valence-corrected chi connectivity index (χ3v) is 4.78. The van der Waals surface area contributed by atoms with Crippen LogP contribution in [0.1, 0.15) is 44.5 Å². The summed E-state index contributed by atoms with van der Waals surface area (Å²) in [6.45, 7) is 2.15. The zero-order valence-electron chi connectivity index (χ0n) is 13.9. The van der Waals surface area contributed by atoms with E-state index in [2.05, 4.69) is 16.5 Å². The zero-order chi connectivity index (χ0) is 16.7. The summed E-state index contributed by atoms with van der Waals surface area (Å²) in [6.07, 6.45) is 5.89. The fourth-order valence-electron chi connectivity index (χ4n) is 3.70. The van der Waals surface area contributed by atoms with Gasteiger partial charge in [0.1, 0.15) is 23.0 Å². The van der Waals surface area contributed by atoms with E-state index in [1.54, 1.807) is 0 Å². The molecule has 1 aliphatic carbocycles. The number of nitrogens with two attached hydrogens (primary N) is 2. The Morgan fingerprint density at radius 2 is 1.75 bits per heavy atom. The summed E-state index contributed by atoms with van der Waals surface area (Å²) in [7, 11) is 0. The van der Waals surface area contributed by atoms with E-state index in [1.165, 1.54) is 25.7 Å². The van der Waals surface area contributed by atoms with Gasteiger partial charge in [-0.25, -0.2) is 15.0 Å². The summed E-state index contributed by atoms with van der Waals surface area (Å²) in [6, 6.07) is 8.14. The van der Waals surface area contributed by atoms with Crippen molar-refractivity contribution >= 4 is 22.8 Å². The number of nitrogen functional groups attached to an aromatic ring is 2. The van der Waals surface area contributed by atoms with Crippen LogP contribution in [-0.4, -0.2) is 19.5 Å². The predicted octanol–water partition coefficient (Wildman–Crippen LogP) is 3.34. The minimum atomic E-state index is 0.408. The van der Waals surface area contributed by atoms with E-state index in [-0.39, 0.29) is 0 Å². The number of imidazole rings is 1. The molecule has 4 rings (SSSR count). The summed E-state index contributed by atoms with van der Waals surface area (Å²) in [5.41, 5.74) is 15.3. The van der Waals surface area contributed by atoms with Gasteiger partial charge in [-0.05, 0) is 37.1 Å². The molecule has 1 saturated carbocycles. The molecule has 0 unspecified atom stereocenters. The van der Waals surface area contributed by atoms with Gasteiger partial charge in [-0.2, -0.15) is 0 Å². The second-order valence-corrected chi connectivity index (χ2v) is 6.43. The molecule has 3 aromatic heterocycles. The number of rotatable bonds is 3. The van der Waals surface area contributed by atoms with Crippen LogP contribution in [0.15, 0.2) is 24.3 Å². The van der Waals surface area contributed by atoms with Crippen LogP contribution < -0.4 is 11.5 Å². The maximum atomic E-state index is 5.83. The highest BCUT2D eigenvalue weighted by atomic mass is 15.2. The number of anilines is 2. The van der Waals surface area contributed by atoms with Gasteiger partial charge in [-0.1, -0.05) is 19.8 Å². The molecule has 0 saturated heterocycles. The van der Waals surface area contributed by atoms with E-state index in [1.807, 2.05) is 24.3 Å². The van der Waals surface area contributed by atoms with Crippen molar-refractivity contribution in [2.24, 2.45) is 0 Å². The molecule has 0 spiro atoms. The van der Waals surface area contributed by atoms with Gasteiger partial charge in [-0.3, -0.25) is 0 Å². The van der Waals surface area contributed by atoms with Crippen LogP contribution in [0.4, 0.5) is 11.6 Å². The second kappa shape index (κ2) is 5.78. The highest BCUT2D eigenvalue weighted by Gasteiger charge is 2.23. The fraction of sp³-hybridized carbons (Fsp3) is 0.389. The molecule has 0 amide bonds. The lowest BCUT2D eigenvalue weighted by Gasteiger charge is -2.15. The van der Waals surface area contributed by atoms with Crippen LogP contribution in [0.2, 0.25) is 0 Å². The first-order valence-electron chi connectivity index (χ1n) is 8.57. The summed E-state index contributed by atoms with van der Waals surface area (Å²) in [4.78, 5) is 13.7. The van der Waals surface area contributed by atoms with Gasteiger partial charge >= 0.3 is 0 Å². The molecule has 3 heterocycles. The maximum Gasteiger partial charge on any atom is 0.160 e. The Balaban J connectivity index is 1.88. The Bertz CT molecular complexity index is 872. The number of pyridine rings is 2. The minimum absolute atomic E-state index is 0.408. The quantitative estimate of drug-likeness (QED) is 0.771. The Morgan fingerprint density at radius 3 is 2.42 bits per heavy atom. The Labute approximate surface area is 140 Å². The van der Waals surface area contributed by atoms with E-state index in [0.29, 0.717) is 17.7 Å². The normalized spacial score (nSPS) is 15.4. The summed E-state index contributed by atoms with van der Waals surface area (Å²) in [5.74, 6) is 1.94. The molecule has 0 atom stereocenters. The lowest BCUT2D eigenvalue weighted by Crippen LogP contribution is -2.09. The highest BCUT2D eigenvalue weighted by Crippen LogP contribution is 2.34. The van der Waals surface area contributed by atoms with Crippen LogP contribution in [0.3, 0.4) is 0 Å². The molecule has 1 fully saturated rings. The first-order chi connectivity index (χ1) is 11.7. The van der Waals surface area contributed by atoms with E-state index >= 15 is 0 Å². The molecule has 0 radical (unpaired) electrons. The molecule has 6 nitrogen and oxygen atoms in total. The first kappa shape index (κ1) is 14.9. The predicted molar refractivity (Wildman–Crippen MR) is 96.5 cm³/mol. The van der Waals surface area contributed by atoms with Crippen molar-refractivity contribution < 1.29 is 0 Å². The van der Waals surface area contributed by atoms with Crippen molar-refractivity contribution in [2.45, 2.75) is 45.1 Å². The molecular formula is C18H22N6. The minimum Gasteiger partial charge on any atom is -0.384 e. The number of fused-ring (bicyclic) bond motifs is 1. The third-order valence-electron chi connectivity index (χ3n) is 4.78. The number of nitrogens with zero attached hydrogens (tertiary/aromatic N) is 4. The van der Waals surface area contributed by atoms with Crippen molar-refractivity contribution in [1.82, 2.24) is 19.5 Å². The Hall–Kier alpha value is -2.63. The van der Waals surface area contributed by atoms with Crippen molar-refractivity contribution in [3.8, 4) is 11.3 Å². The van der Waals surface area contributed by atoms with E-state index < -0.39 is 0 Å². The number of aryl methyl sites for hydroxylation is 1. The van der Waals surface area contributed by atoms with Crippen LogP contribution in [0.5, 0.6) is 0 Å². The highest BCUT2D eigenvalue weighted by molar-refractivity contribution is 5.77. The molecule has 0 aliphatic heterocycles. The van der Waals surface area contributed by atoms with Crippen molar-refractivity contribution in [3.05, 3.63) is 30.1 Å². The van der Waals surface area contributed by atoms with Gasteiger partial charge in [0.05, 0.1) is 5.69 Å². The SMILES string of the molecule is CCc1nc2ccc(-c3cc(N)nc(N)c3)nc2n1C1CCCC1. The first-order valence-corrected chi connectivity index (χ1v) is 8.57. The zero-order valence-corrected chi connectivity index (χ0v) is 13.9. The van der Waals surface area contributed by atoms with E-state index in [0.717, 1.165) is 34.7 Å². The molecule has 0 aromatic carbocycles. The van der Waals surface area contributed by atoms with E-state index in [9.17, 15) is 0 Å². The molecule has 0 bridgehead atoms. The van der Waals surface area contributed by atoms with Gasteiger partial charge < -0.3 is 16.0 Å².